The van der Waals surface area contributed by atoms with E-state index in [2.05, 4.69) is 5.32 Å². The van der Waals surface area contributed by atoms with E-state index < -0.39 is 16.6 Å². The smallest absolute Gasteiger partial charge is 0.221 e. The molecule has 1 aliphatic carbocycles. The van der Waals surface area contributed by atoms with E-state index in [1.165, 1.54) is 12.1 Å². The summed E-state index contributed by atoms with van der Waals surface area (Å²) < 4.78 is 24.9. The summed E-state index contributed by atoms with van der Waals surface area (Å²) in [6.07, 6.45) is 2.20. The van der Waals surface area contributed by atoms with Crippen molar-refractivity contribution < 1.29 is 13.4 Å². The molecule has 1 unspecified atom stereocenters. The SMILES string of the molecule is Nc1ccc(F)cc1S(=O)CCC(=O)NC1CC1. The Bertz CT molecular complexity index is 489. The number of benzene rings is 1. The highest BCUT2D eigenvalue weighted by atomic mass is 32.2. The minimum atomic E-state index is -1.45. The minimum Gasteiger partial charge on any atom is -0.398 e. The quantitative estimate of drug-likeness (QED) is 0.789. The van der Waals surface area contributed by atoms with Gasteiger partial charge in [-0.2, -0.15) is 0 Å². The molecule has 1 aliphatic rings. The van der Waals surface area contributed by atoms with Crippen molar-refractivity contribution in [3.05, 3.63) is 24.0 Å². The van der Waals surface area contributed by atoms with E-state index in [9.17, 15) is 13.4 Å². The molecule has 0 aromatic heterocycles. The van der Waals surface area contributed by atoms with Crippen LogP contribution in [0.3, 0.4) is 0 Å². The van der Waals surface area contributed by atoms with E-state index in [1.807, 2.05) is 0 Å². The van der Waals surface area contributed by atoms with Crippen LogP contribution in [0.4, 0.5) is 10.1 Å². The minimum absolute atomic E-state index is 0.110. The molecule has 1 atom stereocenters. The lowest BCUT2D eigenvalue weighted by molar-refractivity contribution is -0.120. The molecule has 0 heterocycles. The standard InChI is InChI=1S/C12H15FN2O2S/c13-8-1-4-10(14)11(7-8)18(17)6-5-12(16)15-9-2-3-9/h1,4,7,9H,2-3,5-6,14H2,(H,15,16). The van der Waals surface area contributed by atoms with Crippen LogP contribution in [0.5, 0.6) is 0 Å². The van der Waals surface area contributed by atoms with Crippen molar-refractivity contribution in [2.24, 2.45) is 0 Å². The first-order valence-corrected chi connectivity index (χ1v) is 7.11. The van der Waals surface area contributed by atoms with Crippen molar-refractivity contribution in [2.75, 3.05) is 11.5 Å². The van der Waals surface area contributed by atoms with Crippen LogP contribution in [0, 0.1) is 5.82 Å². The third-order valence-electron chi connectivity index (χ3n) is 2.68. The van der Waals surface area contributed by atoms with Crippen LogP contribution in [-0.4, -0.2) is 21.9 Å². The van der Waals surface area contributed by atoms with Gasteiger partial charge in [0.1, 0.15) is 5.82 Å². The zero-order valence-electron chi connectivity index (χ0n) is 9.82. The van der Waals surface area contributed by atoms with Gasteiger partial charge in [-0.15, -0.1) is 0 Å². The highest BCUT2D eigenvalue weighted by Crippen LogP contribution is 2.20. The Labute approximate surface area is 107 Å². The fraction of sp³-hybridized carbons (Fsp3) is 0.417. The number of amides is 1. The first kappa shape index (κ1) is 13.0. The molecular formula is C12H15FN2O2S. The van der Waals surface area contributed by atoms with Crippen LogP contribution in [0.25, 0.3) is 0 Å². The Morgan fingerprint density at radius 2 is 2.22 bits per heavy atom. The predicted molar refractivity (Wildman–Crippen MR) is 67.9 cm³/mol. The topological polar surface area (TPSA) is 72.2 Å². The molecule has 98 valence electrons. The predicted octanol–water partition coefficient (Wildman–Crippen LogP) is 1.18. The maximum atomic E-state index is 13.0. The summed E-state index contributed by atoms with van der Waals surface area (Å²) in [7, 11) is -1.45. The number of carbonyl (C=O) groups is 1. The van der Waals surface area contributed by atoms with E-state index in [0.717, 1.165) is 18.9 Å². The number of hydrogen-bond acceptors (Lipinski definition) is 3. The summed E-state index contributed by atoms with van der Waals surface area (Å²) in [4.78, 5) is 11.7. The maximum Gasteiger partial charge on any atom is 0.221 e. The van der Waals surface area contributed by atoms with Crippen molar-refractivity contribution >= 4 is 22.4 Å². The van der Waals surface area contributed by atoms with E-state index in [0.29, 0.717) is 6.04 Å². The van der Waals surface area contributed by atoms with Crippen molar-refractivity contribution in [2.45, 2.75) is 30.2 Å². The third-order valence-corrected chi connectivity index (χ3v) is 4.10. The molecule has 1 aromatic carbocycles. The van der Waals surface area contributed by atoms with Gasteiger partial charge in [-0.25, -0.2) is 4.39 Å². The van der Waals surface area contributed by atoms with E-state index in [4.69, 9.17) is 5.73 Å². The zero-order valence-corrected chi connectivity index (χ0v) is 10.6. The van der Waals surface area contributed by atoms with Crippen LogP contribution in [-0.2, 0) is 15.6 Å². The average Bonchev–Trinajstić information content (AvgIpc) is 3.13. The average molecular weight is 270 g/mol. The van der Waals surface area contributed by atoms with Gasteiger partial charge in [0.2, 0.25) is 5.91 Å². The molecule has 6 heteroatoms. The lowest BCUT2D eigenvalue weighted by atomic mass is 10.3. The number of nitrogens with two attached hydrogens (primary N) is 1. The van der Waals surface area contributed by atoms with E-state index in [-0.39, 0.29) is 28.7 Å². The molecule has 0 aliphatic heterocycles. The third kappa shape index (κ3) is 3.53. The van der Waals surface area contributed by atoms with Crippen LogP contribution >= 0.6 is 0 Å². The fourth-order valence-electron chi connectivity index (χ4n) is 1.53. The first-order chi connectivity index (χ1) is 8.56. The molecule has 4 nitrogen and oxygen atoms in total. The Kier molecular flexibility index (Phi) is 3.96. The molecule has 0 radical (unpaired) electrons. The Balaban J connectivity index is 1.90. The number of carbonyl (C=O) groups excluding carboxylic acids is 1. The van der Waals surface area contributed by atoms with Crippen molar-refractivity contribution in [1.82, 2.24) is 5.32 Å². The molecule has 2 rings (SSSR count). The molecule has 1 aromatic rings. The Morgan fingerprint density at radius 3 is 2.89 bits per heavy atom. The van der Waals surface area contributed by atoms with Gasteiger partial charge in [-0.1, -0.05) is 0 Å². The summed E-state index contributed by atoms with van der Waals surface area (Å²) in [5, 5.41) is 2.81. The van der Waals surface area contributed by atoms with Crippen LogP contribution < -0.4 is 11.1 Å². The first-order valence-electron chi connectivity index (χ1n) is 5.79. The second kappa shape index (κ2) is 5.48. The molecule has 1 saturated carbocycles. The molecule has 0 saturated heterocycles. The summed E-state index contributed by atoms with van der Waals surface area (Å²) in [6.45, 7) is 0. The van der Waals surface area contributed by atoms with Crippen LogP contribution in [0.2, 0.25) is 0 Å². The molecule has 3 N–H and O–H groups in total. The number of anilines is 1. The maximum absolute atomic E-state index is 13.0. The zero-order chi connectivity index (χ0) is 13.1. The number of halogens is 1. The van der Waals surface area contributed by atoms with Gasteiger partial charge in [0.15, 0.2) is 0 Å². The molecule has 0 bridgehead atoms. The van der Waals surface area contributed by atoms with Gasteiger partial charge in [0.25, 0.3) is 0 Å². The van der Waals surface area contributed by atoms with Gasteiger partial charge >= 0.3 is 0 Å². The summed E-state index contributed by atoms with van der Waals surface area (Å²) in [5.41, 5.74) is 5.92. The van der Waals surface area contributed by atoms with Gasteiger partial charge in [-0.3, -0.25) is 9.00 Å². The lowest BCUT2D eigenvalue weighted by Crippen LogP contribution is -2.26. The van der Waals surface area contributed by atoms with E-state index >= 15 is 0 Å². The van der Waals surface area contributed by atoms with Crippen LogP contribution in [0.1, 0.15) is 19.3 Å². The van der Waals surface area contributed by atoms with Crippen molar-refractivity contribution in [1.29, 1.82) is 0 Å². The largest absolute Gasteiger partial charge is 0.398 e. The van der Waals surface area contributed by atoms with Gasteiger partial charge in [0, 0.05) is 23.9 Å². The number of rotatable bonds is 5. The summed E-state index contributed by atoms with van der Waals surface area (Å²) in [5.74, 6) is -0.428. The molecule has 0 spiro atoms. The van der Waals surface area contributed by atoms with Gasteiger partial charge in [0.05, 0.1) is 15.7 Å². The second-order valence-electron chi connectivity index (χ2n) is 4.32. The Hall–Kier alpha value is -1.43. The fourth-order valence-corrected chi connectivity index (χ4v) is 2.69. The highest BCUT2D eigenvalue weighted by Gasteiger charge is 2.23. The Morgan fingerprint density at radius 1 is 1.50 bits per heavy atom. The van der Waals surface area contributed by atoms with E-state index in [1.54, 1.807) is 0 Å². The lowest BCUT2D eigenvalue weighted by Gasteiger charge is -2.06. The summed E-state index contributed by atoms with van der Waals surface area (Å²) >= 11 is 0. The van der Waals surface area contributed by atoms with Gasteiger partial charge < -0.3 is 11.1 Å². The van der Waals surface area contributed by atoms with Crippen molar-refractivity contribution in [3.8, 4) is 0 Å². The second-order valence-corrected chi connectivity index (χ2v) is 5.86. The molecule has 1 fully saturated rings. The molecule has 18 heavy (non-hydrogen) atoms. The highest BCUT2D eigenvalue weighted by molar-refractivity contribution is 7.85. The molecule has 1 amide bonds. The van der Waals surface area contributed by atoms with Crippen LogP contribution in [0.15, 0.2) is 23.1 Å². The van der Waals surface area contributed by atoms with Crippen molar-refractivity contribution in [3.63, 3.8) is 0 Å². The number of hydrogen-bond donors (Lipinski definition) is 2. The number of nitrogen functional groups attached to an aromatic ring is 1. The normalized spacial score (nSPS) is 16.3. The number of nitrogens with one attached hydrogen (secondary N) is 1. The van der Waals surface area contributed by atoms with Gasteiger partial charge in [-0.05, 0) is 31.0 Å². The summed E-state index contributed by atoms with van der Waals surface area (Å²) in [6, 6.07) is 4.05. The molecular weight excluding hydrogens is 255 g/mol. The monoisotopic (exact) mass is 270 g/mol.